The summed E-state index contributed by atoms with van der Waals surface area (Å²) in [6.07, 6.45) is 11.9. The Hall–Kier alpha value is -2.04. The number of nitrogens with zero attached hydrogens (tertiary/aromatic N) is 1. The maximum Gasteiger partial charge on any atom is 0.251 e. The fourth-order valence-corrected chi connectivity index (χ4v) is 6.21. The highest BCUT2D eigenvalue weighted by molar-refractivity contribution is 5.94. The zero-order chi connectivity index (χ0) is 21.2. The average Bonchev–Trinajstić information content (AvgIpc) is 3.36. The van der Waals surface area contributed by atoms with Crippen LogP contribution in [0.2, 0.25) is 0 Å². The first-order valence-corrected chi connectivity index (χ1v) is 12.5. The van der Waals surface area contributed by atoms with Gasteiger partial charge in [-0.2, -0.15) is 0 Å². The number of rotatable bonds is 7. The molecular weight excluding hydrogens is 388 g/mol. The van der Waals surface area contributed by atoms with Gasteiger partial charge in [0.15, 0.2) is 0 Å². The van der Waals surface area contributed by atoms with Gasteiger partial charge in [0.2, 0.25) is 5.91 Å². The standard InChI is InChI=1S/C26H36N2O3/c29-25(27-12-9-21-16-18-7-8-20(21)15-18)22-5-2-6-24(17-22)31-23-10-13-28(14-11-23)26(30)19-3-1-4-19/h2,5-6,17-21,23H,1,3-4,7-16H2,(H,27,29). The lowest BCUT2D eigenvalue weighted by molar-refractivity contribution is -0.140. The van der Waals surface area contributed by atoms with Gasteiger partial charge >= 0.3 is 0 Å². The second-order valence-electron chi connectivity index (χ2n) is 10.3. The summed E-state index contributed by atoms with van der Waals surface area (Å²) in [6, 6.07) is 7.55. The number of amides is 2. The molecule has 5 nitrogen and oxygen atoms in total. The van der Waals surface area contributed by atoms with Crippen LogP contribution in [0.4, 0.5) is 0 Å². The molecular formula is C26H36N2O3. The number of benzene rings is 1. The van der Waals surface area contributed by atoms with Gasteiger partial charge in [0.05, 0.1) is 0 Å². The summed E-state index contributed by atoms with van der Waals surface area (Å²) in [5.41, 5.74) is 0.669. The maximum atomic E-state index is 12.6. The molecule has 1 saturated heterocycles. The smallest absolute Gasteiger partial charge is 0.251 e. The van der Waals surface area contributed by atoms with Crippen molar-refractivity contribution in [2.75, 3.05) is 19.6 Å². The summed E-state index contributed by atoms with van der Waals surface area (Å²) in [5, 5.41) is 3.12. The Kier molecular flexibility index (Phi) is 6.20. The van der Waals surface area contributed by atoms with Crippen LogP contribution in [0.5, 0.6) is 5.75 Å². The molecule has 0 spiro atoms. The molecule has 4 fully saturated rings. The van der Waals surface area contributed by atoms with Crippen LogP contribution in [0.25, 0.3) is 0 Å². The number of nitrogens with one attached hydrogen (secondary N) is 1. The van der Waals surface area contributed by atoms with Gasteiger partial charge in [0.25, 0.3) is 5.91 Å². The van der Waals surface area contributed by atoms with Crippen molar-refractivity contribution in [3.63, 3.8) is 0 Å². The fraction of sp³-hybridized carbons (Fsp3) is 0.692. The van der Waals surface area contributed by atoms with Crippen molar-refractivity contribution in [1.82, 2.24) is 10.2 Å². The molecule has 5 rings (SSSR count). The van der Waals surface area contributed by atoms with Crippen molar-refractivity contribution < 1.29 is 14.3 Å². The van der Waals surface area contributed by atoms with E-state index in [-0.39, 0.29) is 17.9 Å². The SMILES string of the molecule is O=C(NCCC1CC2CCC1C2)c1cccc(OC2CCN(C(=O)C3CCC3)CC2)c1. The van der Waals surface area contributed by atoms with Gasteiger partial charge in [-0.05, 0) is 74.5 Å². The molecule has 3 saturated carbocycles. The van der Waals surface area contributed by atoms with Crippen molar-refractivity contribution >= 4 is 11.8 Å². The number of likely N-dealkylation sites (tertiary alicyclic amines) is 1. The molecule has 1 aromatic rings. The van der Waals surface area contributed by atoms with Gasteiger partial charge in [-0.25, -0.2) is 0 Å². The number of fused-ring (bicyclic) bond motifs is 2. The largest absolute Gasteiger partial charge is 0.490 e. The van der Waals surface area contributed by atoms with E-state index < -0.39 is 0 Å². The first kappa shape index (κ1) is 20.8. The summed E-state index contributed by atoms with van der Waals surface area (Å²) in [7, 11) is 0. The van der Waals surface area contributed by atoms with Crippen LogP contribution in [0.3, 0.4) is 0 Å². The van der Waals surface area contributed by atoms with E-state index in [1.54, 1.807) is 0 Å². The monoisotopic (exact) mass is 424 g/mol. The summed E-state index contributed by atoms with van der Waals surface area (Å²) in [6.45, 7) is 2.33. The van der Waals surface area contributed by atoms with E-state index in [2.05, 4.69) is 5.32 Å². The summed E-state index contributed by atoms with van der Waals surface area (Å²) in [4.78, 5) is 27.1. The lowest BCUT2D eigenvalue weighted by atomic mass is 9.84. The van der Waals surface area contributed by atoms with E-state index in [1.807, 2.05) is 29.2 Å². The third kappa shape index (κ3) is 4.75. The number of hydrogen-bond donors (Lipinski definition) is 1. The molecule has 2 bridgehead atoms. The third-order valence-corrected chi connectivity index (χ3v) is 8.29. The molecule has 168 valence electrons. The average molecular weight is 425 g/mol. The van der Waals surface area contributed by atoms with E-state index in [4.69, 9.17) is 4.74 Å². The van der Waals surface area contributed by atoms with Crippen molar-refractivity contribution in [3.05, 3.63) is 29.8 Å². The zero-order valence-corrected chi connectivity index (χ0v) is 18.6. The van der Waals surface area contributed by atoms with Crippen LogP contribution >= 0.6 is 0 Å². The van der Waals surface area contributed by atoms with Crippen molar-refractivity contribution in [2.45, 2.75) is 70.3 Å². The quantitative estimate of drug-likeness (QED) is 0.705. The predicted octanol–water partition coefficient (Wildman–Crippen LogP) is 4.41. The number of carbonyl (C=O) groups is 2. The van der Waals surface area contributed by atoms with E-state index >= 15 is 0 Å². The van der Waals surface area contributed by atoms with Crippen molar-refractivity contribution in [3.8, 4) is 5.75 Å². The highest BCUT2D eigenvalue weighted by Crippen LogP contribution is 2.49. The first-order valence-electron chi connectivity index (χ1n) is 12.5. The second-order valence-corrected chi connectivity index (χ2v) is 10.3. The van der Waals surface area contributed by atoms with Crippen LogP contribution in [-0.2, 0) is 4.79 Å². The van der Waals surface area contributed by atoms with Crippen LogP contribution in [0.1, 0.15) is 74.6 Å². The van der Waals surface area contributed by atoms with Gasteiger partial charge in [-0.15, -0.1) is 0 Å². The van der Waals surface area contributed by atoms with E-state index in [1.165, 1.54) is 32.1 Å². The normalized spacial score (nSPS) is 28.4. The van der Waals surface area contributed by atoms with E-state index in [9.17, 15) is 9.59 Å². The van der Waals surface area contributed by atoms with Gasteiger partial charge < -0.3 is 15.0 Å². The molecule has 3 unspecified atom stereocenters. The summed E-state index contributed by atoms with van der Waals surface area (Å²) >= 11 is 0. The molecule has 1 aromatic carbocycles. The Balaban J connectivity index is 1.07. The molecule has 0 radical (unpaired) electrons. The summed E-state index contributed by atoms with van der Waals surface area (Å²) < 4.78 is 6.18. The molecule has 31 heavy (non-hydrogen) atoms. The fourth-order valence-electron chi connectivity index (χ4n) is 6.21. The van der Waals surface area contributed by atoms with Crippen LogP contribution < -0.4 is 10.1 Å². The minimum Gasteiger partial charge on any atom is -0.490 e. The number of ether oxygens (including phenoxy) is 1. The Morgan fingerprint density at radius 3 is 2.55 bits per heavy atom. The maximum absolute atomic E-state index is 12.6. The number of piperidine rings is 1. The van der Waals surface area contributed by atoms with Gasteiger partial charge in [0, 0.05) is 44.0 Å². The Morgan fingerprint density at radius 1 is 1.03 bits per heavy atom. The van der Waals surface area contributed by atoms with Crippen LogP contribution in [-0.4, -0.2) is 42.5 Å². The van der Waals surface area contributed by atoms with E-state index in [0.29, 0.717) is 11.5 Å². The van der Waals surface area contributed by atoms with Crippen LogP contribution in [0.15, 0.2) is 24.3 Å². The molecule has 1 N–H and O–H groups in total. The molecule has 5 heteroatoms. The Bertz CT molecular complexity index is 798. The zero-order valence-electron chi connectivity index (χ0n) is 18.6. The van der Waals surface area contributed by atoms with Gasteiger partial charge in [0.1, 0.15) is 11.9 Å². The molecule has 2 amide bonds. The summed E-state index contributed by atoms with van der Waals surface area (Å²) in [5.74, 6) is 4.05. The Morgan fingerprint density at radius 2 is 1.87 bits per heavy atom. The van der Waals surface area contributed by atoms with E-state index in [0.717, 1.165) is 75.2 Å². The number of hydrogen-bond acceptors (Lipinski definition) is 3. The minimum atomic E-state index is -0.00507. The molecule has 1 aliphatic heterocycles. The topological polar surface area (TPSA) is 58.6 Å². The highest BCUT2D eigenvalue weighted by Gasteiger charge is 2.38. The first-order chi connectivity index (χ1) is 15.2. The molecule has 0 aromatic heterocycles. The lowest BCUT2D eigenvalue weighted by Crippen LogP contribution is -2.45. The third-order valence-electron chi connectivity index (χ3n) is 8.29. The highest BCUT2D eigenvalue weighted by atomic mass is 16.5. The van der Waals surface area contributed by atoms with Gasteiger partial charge in [-0.3, -0.25) is 9.59 Å². The van der Waals surface area contributed by atoms with Crippen LogP contribution in [0, 0.1) is 23.7 Å². The molecule has 3 atom stereocenters. The molecule has 4 aliphatic rings. The van der Waals surface area contributed by atoms with Crippen molar-refractivity contribution in [1.29, 1.82) is 0 Å². The predicted molar refractivity (Wildman–Crippen MR) is 120 cm³/mol. The lowest BCUT2D eigenvalue weighted by Gasteiger charge is -2.36. The second kappa shape index (κ2) is 9.22. The molecule has 1 heterocycles. The minimum absolute atomic E-state index is 0.00507. The van der Waals surface area contributed by atoms with Gasteiger partial charge in [-0.1, -0.05) is 18.9 Å². The number of carbonyl (C=O) groups excluding carboxylic acids is 2. The molecule has 3 aliphatic carbocycles. The van der Waals surface area contributed by atoms with Crippen molar-refractivity contribution in [2.24, 2.45) is 23.7 Å². The Labute approximate surface area is 185 Å².